The van der Waals surface area contributed by atoms with Crippen LogP contribution in [-0.2, 0) is 24.1 Å². The average Bonchev–Trinajstić information content (AvgIpc) is 2.99. The molecule has 3 N–H and O–H groups in total. The molecule has 6 heteroatoms. The van der Waals surface area contributed by atoms with Gasteiger partial charge in [0.2, 0.25) is 5.91 Å². The molecule has 27 heavy (non-hydrogen) atoms. The van der Waals surface area contributed by atoms with Crippen molar-refractivity contribution in [1.29, 1.82) is 0 Å². The van der Waals surface area contributed by atoms with E-state index < -0.39 is 5.91 Å². The molecule has 1 aliphatic carbocycles. The molecule has 1 aromatic carbocycles. The molecule has 1 aromatic heterocycles. The molecule has 0 saturated heterocycles. The van der Waals surface area contributed by atoms with E-state index in [1.54, 1.807) is 7.11 Å². The number of nitrogens with two attached hydrogens (primary N) is 1. The van der Waals surface area contributed by atoms with Gasteiger partial charge >= 0.3 is 0 Å². The molecule has 0 bridgehead atoms. The summed E-state index contributed by atoms with van der Waals surface area (Å²) in [5.41, 5.74) is 8.08. The number of carbonyl (C=O) groups excluding carboxylic acids is 2. The Labute approximate surface area is 163 Å². The molecule has 144 valence electrons. The first-order chi connectivity index (χ1) is 13.0. The van der Waals surface area contributed by atoms with Crippen LogP contribution in [0.25, 0.3) is 0 Å². The molecule has 1 unspecified atom stereocenters. The van der Waals surface area contributed by atoms with E-state index in [0.717, 1.165) is 36.1 Å². The normalized spacial score (nSPS) is 15.9. The van der Waals surface area contributed by atoms with Crippen LogP contribution in [0.1, 0.15) is 52.5 Å². The first-order valence-corrected chi connectivity index (χ1v) is 10.2. The summed E-state index contributed by atoms with van der Waals surface area (Å²) in [6.07, 6.45) is 5.52. The quantitative estimate of drug-likeness (QED) is 0.756. The lowest BCUT2D eigenvalue weighted by Gasteiger charge is -2.21. The van der Waals surface area contributed by atoms with Gasteiger partial charge in [-0.2, -0.15) is 0 Å². The third-order valence-electron chi connectivity index (χ3n) is 5.09. The van der Waals surface area contributed by atoms with Gasteiger partial charge in [-0.3, -0.25) is 9.59 Å². The third-order valence-corrected chi connectivity index (χ3v) is 6.26. The Bertz CT molecular complexity index is 827. The molecule has 3 rings (SSSR count). The van der Waals surface area contributed by atoms with E-state index in [0.29, 0.717) is 16.5 Å². The number of ether oxygens (including phenoxy) is 1. The molecule has 2 aromatic rings. The molecule has 0 radical (unpaired) electrons. The van der Waals surface area contributed by atoms with Crippen molar-refractivity contribution in [1.82, 2.24) is 0 Å². The molecule has 5 nitrogen and oxygen atoms in total. The van der Waals surface area contributed by atoms with Gasteiger partial charge in [-0.1, -0.05) is 31.9 Å². The molecular weight excluding hydrogens is 360 g/mol. The predicted octanol–water partition coefficient (Wildman–Crippen LogP) is 3.94. The van der Waals surface area contributed by atoms with Crippen molar-refractivity contribution < 1.29 is 14.3 Å². The number of carbonyl (C=O) groups is 2. The van der Waals surface area contributed by atoms with Crippen LogP contribution in [0.4, 0.5) is 5.00 Å². The maximum Gasteiger partial charge on any atom is 0.251 e. The Hall–Kier alpha value is -2.34. The van der Waals surface area contributed by atoms with Crippen LogP contribution in [0.3, 0.4) is 0 Å². The Morgan fingerprint density at radius 2 is 2.04 bits per heavy atom. The van der Waals surface area contributed by atoms with Crippen LogP contribution in [0, 0.1) is 5.92 Å². The number of benzene rings is 1. The van der Waals surface area contributed by atoms with Gasteiger partial charge in [0, 0.05) is 4.88 Å². The molecule has 1 heterocycles. The van der Waals surface area contributed by atoms with Gasteiger partial charge < -0.3 is 15.8 Å². The number of rotatable bonds is 7. The zero-order chi connectivity index (χ0) is 19.4. The number of hydrogen-bond donors (Lipinski definition) is 2. The Kier molecular flexibility index (Phi) is 6.16. The number of hydrogen-bond acceptors (Lipinski definition) is 4. The van der Waals surface area contributed by atoms with Crippen molar-refractivity contribution in [2.24, 2.45) is 11.7 Å². The number of fused-ring (bicyclic) bond motifs is 1. The first-order valence-electron chi connectivity index (χ1n) is 9.38. The molecule has 0 fully saturated rings. The summed E-state index contributed by atoms with van der Waals surface area (Å²) in [6.45, 7) is 2.20. The average molecular weight is 387 g/mol. The summed E-state index contributed by atoms with van der Waals surface area (Å²) in [5, 5.41) is 3.52. The van der Waals surface area contributed by atoms with Crippen LogP contribution >= 0.6 is 11.3 Å². The molecule has 2 amide bonds. The zero-order valence-electron chi connectivity index (χ0n) is 15.8. The fourth-order valence-corrected chi connectivity index (χ4v) is 5.14. The Balaban J connectivity index is 1.75. The van der Waals surface area contributed by atoms with E-state index in [9.17, 15) is 9.59 Å². The summed E-state index contributed by atoms with van der Waals surface area (Å²) >= 11 is 1.51. The van der Waals surface area contributed by atoms with E-state index in [-0.39, 0.29) is 12.3 Å². The van der Waals surface area contributed by atoms with E-state index in [4.69, 9.17) is 10.5 Å². The fourth-order valence-electron chi connectivity index (χ4n) is 3.76. The van der Waals surface area contributed by atoms with Gasteiger partial charge in [-0.05, 0) is 48.4 Å². The highest BCUT2D eigenvalue weighted by molar-refractivity contribution is 7.17. The Morgan fingerprint density at radius 3 is 2.67 bits per heavy atom. The van der Waals surface area contributed by atoms with E-state index in [1.165, 1.54) is 29.1 Å². The van der Waals surface area contributed by atoms with Gasteiger partial charge in [0.05, 0.1) is 19.1 Å². The first kappa shape index (κ1) is 19.4. The van der Waals surface area contributed by atoms with E-state index >= 15 is 0 Å². The lowest BCUT2D eigenvalue weighted by atomic mass is 9.84. The highest BCUT2D eigenvalue weighted by Crippen LogP contribution is 2.40. The molecule has 0 spiro atoms. The number of thiophene rings is 1. The van der Waals surface area contributed by atoms with Crippen molar-refractivity contribution in [2.45, 2.75) is 45.4 Å². The topological polar surface area (TPSA) is 81.4 Å². The maximum atomic E-state index is 12.5. The lowest BCUT2D eigenvalue weighted by molar-refractivity contribution is -0.115. The fraction of sp³-hybridized carbons (Fsp3) is 0.429. The molecular formula is C21H26N2O3S. The maximum absolute atomic E-state index is 12.5. The summed E-state index contributed by atoms with van der Waals surface area (Å²) in [4.78, 5) is 25.7. The lowest BCUT2D eigenvalue weighted by Crippen LogP contribution is -2.20. The van der Waals surface area contributed by atoms with Gasteiger partial charge in [0.1, 0.15) is 10.8 Å². The molecule has 0 aliphatic heterocycles. The van der Waals surface area contributed by atoms with Crippen LogP contribution in [-0.4, -0.2) is 18.9 Å². The van der Waals surface area contributed by atoms with Gasteiger partial charge in [-0.15, -0.1) is 11.3 Å². The van der Waals surface area contributed by atoms with Crippen LogP contribution in [0.5, 0.6) is 5.75 Å². The summed E-state index contributed by atoms with van der Waals surface area (Å²) in [7, 11) is 1.61. The van der Waals surface area contributed by atoms with Crippen LogP contribution < -0.4 is 15.8 Å². The van der Waals surface area contributed by atoms with Crippen molar-refractivity contribution in [2.75, 3.05) is 12.4 Å². The monoisotopic (exact) mass is 386 g/mol. The van der Waals surface area contributed by atoms with Crippen molar-refractivity contribution >= 4 is 28.2 Å². The van der Waals surface area contributed by atoms with Crippen LogP contribution in [0.2, 0.25) is 0 Å². The second kappa shape index (κ2) is 8.57. The number of nitrogens with one attached hydrogen (secondary N) is 1. The Morgan fingerprint density at radius 1 is 1.30 bits per heavy atom. The minimum atomic E-state index is -0.457. The second-order valence-electron chi connectivity index (χ2n) is 7.04. The second-order valence-corrected chi connectivity index (χ2v) is 8.15. The van der Waals surface area contributed by atoms with E-state index in [2.05, 4.69) is 12.2 Å². The van der Waals surface area contributed by atoms with Gasteiger partial charge in [0.15, 0.2) is 0 Å². The van der Waals surface area contributed by atoms with Crippen molar-refractivity contribution in [3.63, 3.8) is 0 Å². The number of amides is 2. The smallest absolute Gasteiger partial charge is 0.251 e. The van der Waals surface area contributed by atoms with E-state index in [1.807, 2.05) is 24.3 Å². The summed E-state index contributed by atoms with van der Waals surface area (Å²) < 4.78 is 5.13. The zero-order valence-corrected chi connectivity index (χ0v) is 16.7. The number of anilines is 1. The van der Waals surface area contributed by atoms with Crippen LogP contribution in [0.15, 0.2) is 24.3 Å². The highest BCUT2D eigenvalue weighted by atomic mass is 32.1. The molecule has 1 aliphatic rings. The molecule has 0 saturated carbocycles. The van der Waals surface area contributed by atoms with Crippen molar-refractivity contribution in [3.8, 4) is 5.75 Å². The minimum absolute atomic E-state index is 0.147. The number of primary amides is 1. The largest absolute Gasteiger partial charge is 0.497 e. The number of methoxy groups -OCH3 is 1. The predicted molar refractivity (Wildman–Crippen MR) is 109 cm³/mol. The SMILES string of the molecule is CCCC1CCc2c(sc(NC(=O)Cc3ccc(OC)cc3)c2C(N)=O)C1. The van der Waals surface area contributed by atoms with Gasteiger partial charge in [0.25, 0.3) is 5.91 Å². The highest BCUT2D eigenvalue weighted by Gasteiger charge is 2.28. The minimum Gasteiger partial charge on any atom is -0.497 e. The standard InChI is InChI=1S/C21H26N2O3S/c1-3-4-13-7-10-16-17(11-13)27-21(19(16)20(22)25)23-18(24)12-14-5-8-15(26-2)9-6-14/h5-6,8-9,13H,3-4,7,10-12H2,1-2H3,(H2,22,25)(H,23,24). The third kappa shape index (κ3) is 4.50. The summed E-state index contributed by atoms with van der Waals surface area (Å²) in [6, 6.07) is 7.38. The van der Waals surface area contributed by atoms with Gasteiger partial charge in [-0.25, -0.2) is 0 Å². The van der Waals surface area contributed by atoms with Crippen molar-refractivity contribution in [3.05, 3.63) is 45.8 Å². The molecule has 1 atom stereocenters. The summed E-state index contributed by atoms with van der Waals surface area (Å²) in [5.74, 6) is 0.806.